The van der Waals surface area contributed by atoms with Gasteiger partial charge in [-0.25, -0.2) is 0 Å². The average Bonchev–Trinajstić information content (AvgIpc) is 3.91. The maximum Gasteiger partial charge on any atom is 0.179 e. The molecule has 0 unspecified atom stereocenters. The predicted octanol–water partition coefficient (Wildman–Crippen LogP) is 11.6. The third-order valence-corrected chi connectivity index (χ3v) is 18.2. The van der Waals surface area contributed by atoms with Crippen LogP contribution in [0.3, 0.4) is 0 Å². The van der Waals surface area contributed by atoms with Crippen molar-refractivity contribution in [3.63, 3.8) is 0 Å². The van der Waals surface area contributed by atoms with Crippen LogP contribution in [0.4, 0.5) is 0 Å². The molecular weight excluding hydrogens is 741 g/mol. The van der Waals surface area contributed by atoms with E-state index in [2.05, 4.69) is 241 Å². The van der Waals surface area contributed by atoms with Crippen LogP contribution in [0.5, 0.6) is 0 Å². The zero-order chi connectivity index (χ0) is 40.0. The van der Waals surface area contributed by atoms with Gasteiger partial charge in [-0.05, 0) is 91.5 Å². The molecule has 12 rings (SSSR count). The van der Waals surface area contributed by atoms with Crippen molar-refractivity contribution in [1.29, 1.82) is 0 Å². The monoisotopic (exact) mass is 782 g/mol. The maximum atomic E-state index is 2.52. The zero-order valence-electron chi connectivity index (χ0n) is 33.7. The Morgan fingerprint density at radius 3 is 1.38 bits per heavy atom. The van der Waals surface area contributed by atoms with Gasteiger partial charge in [-0.2, -0.15) is 0 Å². The van der Waals surface area contributed by atoms with Crippen molar-refractivity contribution < 1.29 is 0 Å². The van der Waals surface area contributed by atoms with Crippen molar-refractivity contribution >= 4 is 72.4 Å². The third kappa shape index (κ3) is 4.81. The van der Waals surface area contributed by atoms with Gasteiger partial charge in [0.15, 0.2) is 8.07 Å². The van der Waals surface area contributed by atoms with E-state index in [1.54, 1.807) is 0 Å². The van der Waals surface area contributed by atoms with E-state index in [1.165, 1.54) is 98.0 Å². The van der Waals surface area contributed by atoms with Gasteiger partial charge in [-0.1, -0.05) is 184 Å². The fraction of sp³-hybridized carbons (Fsp3) is 0.0526. The summed E-state index contributed by atoms with van der Waals surface area (Å²) in [6.07, 6.45) is 0. The van der Waals surface area contributed by atoms with Crippen LogP contribution in [-0.2, 0) is 5.41 Å². The molecule has 0 amide bonds. The molecule has 2 nitrogen and oxygen atoms in total. The lowest BCUT2D eigenvalue weighted by atomic mass is 9.80. The van der Waals surface area contributed by atoms with Crippen molar-refractivity contribution in [1.82, 2.24) is 9.13 Å². The second kappa shape index (κ2) is 13.2. The van der Waals surface area contributed by atoms with Crippen molar-refractivity contribution in [3.8, 4) is 22.5 Å². The Balaban J connectivity index is 1.14. The second-order valence-electron chi connectivity index (χ2n) is 16.9. The lowest BCUT2D eigenvalue weighted by Gasteiger charge is -2.35. The van der Waals surface area contributed by atoms with Gasteiger partial charge in [0.1, 0.15) is 0 Å². The van der Waals surface area contributed by atoms with Gasteiger partial charge in [0.05, 0.1) is 22.1 Å². The molecule has 0 saturated carbocycles. The van der Waals surface area contributed by atoms with Crippen LogP contribution in [0.15, 0.2) is 218 Å². The molecule has 3 heteroatoms. The number of fused-ring (bicyclic) bond motifs is 10. The molecule has 60 heavy (non-hydrogen) atoms. The van der Waals surface area contributed by atoms with Crippen LogP contribution in [0.2, 0.25) is 0 Å². The fourth-order valence-electron chi connectivity index (χ4n) is 10.9. The molecule has 1 aliphatic carbocycles. The topological polar surface area (TPSA) is 9.86 Å². The van der Waals surface area contributed by atoms with E-state index in [0.29, 0.717) is 0 Å². The highest BCUT2D eigenvalue weighted by molar-refractivity contribution is 7.20. The summed E-state index contributed by atoms with van der Waals surface area (Å²) in [5.41, 5.74) is 12.6. The SMILES string of the molecule is CC1(C)c2ccccc2-c2ccc3c(c21)c1ccccc1n3-c1cccc([Si](c2ccccc2)(c2ccccc2)c2cccc(-n3c4ccccc4c4ccccc43)c2)c1. The number of hydrogen-bond acceptors (Lipinski definition) is 0. The van der Waals surface area contributed by atoms with E-state index in [1.807, 2.05) is 0 Å². The zero-order valence-corrected chi connectivity index (χ0v) is 34.7. The largest absolute Gasteiger partial charge is 0.309 e. The lowest BCUT2D eigenvalue weighted by Crippen LogP contribution is -2.74. The lowest BCUT2D eigenvalue weighted by molar-refractivity contribution is 0.666. The van der Waals surface area contributed by atoms with Gasteiger partial charge in [-0.3, -0.25) is 0 Å². The quantitative estimate of drug-likeness (QED) is 0.117. The van der Waals surface area contributed by atoms with E-state index in [-0.39, 0.29) is 5.41 Å². The summed E-state index contributed by atoms with van der Waals surface area (Å²) in [6.45, 7) is 4.80. The van der Waals surface area contributed by atoms with E-state index < -0.39 is 8.07 Å². The Labute approximate surface area is 351 Å². The molecule has 2 heterocycles. The van der Waals surface area contributed by atoms with Crippen LogP contribution >= 0.6 is 0 Å². The molecule has 11 aromatic rings. The van der Waals surface area contributed by atoms with Crippen molar-refractivity contribution in [3.05, 3.63) is 230 Å². The van der Waals surface area contributed by atoms with Gasteiger partial charge in [0.2, 0.25) is 0 Å². The number of para-hydroxylation sites is 3. The molecule has 0 bridgehead atoms. The molecule has 284 valence electrons. The first-order valence-electron chi connectivity index (χ1n) is 21.0. The smallest absolute Gasteiger partial charge is 0.179 e. The fourth-order valence-corrected chi connectivity index (χ4v) is 15.7. The first-order chi connectivity index (χ1) is 29.5. The summed E-state index contributed by atoms with van der Waals surface area (Å²) >= 11 is 0. The van der Waals surface area contributed by atoms with E-state index in [9.17, 15) is 0 Å². The molecule has 0 saturated heterocycles. The van der Waals surface area contributed by atoms with Crippen LogP contribution in [0.25, 0.3) is 66.1 Å². The molecule has 0 aliphatic heterocycles. The summed E-state index contributed by atoms with van der Waals surface area (Å²) in [6, 6.07) is 81.9. The Hall–Kier alpha value is -7.20. The Kier molecular flexibility index (Phi) is 7.63. The minimum atomic E-state index is -2.97. The summed E-state index contributed by atoms with van der Waals surface area (Å²) in [4.78, 5) is 0. The molecule has 0 N–H and O–H groups in total. The van der Waals surface area contributed by atoms with E-state index in [0.717, 1.165) is 0 Å². The molecule has 9 aromatic carbocycles. The van der Waals surface area contributed by atoms with Crippen LogP contribution in [-0.4, -0.2) is 17.2 Å². The van der Waals surface area contributed by atoms with Gasteiger partial charge < -0.3 is 9.13 Å². The summed E-state index contributed by atoms with van der Waals surface area (Å²) in [7, 11) is -2.97. The summed E-state index contributed by atoms with van der Waals surface area (Å²) in [5, 5.41) is 10.6. The van der Waals surface area contributed by atoms with Gasteiger partial charge >= 0.3 is 0 Å². The predicted molar refractivity (Wildman–Crippen MR) is 256 cm³/mol. The molecule has 0 fully saturated rings. The van der Waals surface area contributed by atoms with E-state index >= 15 is 0 Å². The minimum Gasteiger partial charge on any atom is -0.309 e. The second-order valence-corrected chi connectivity index (χ2v) is 20.7. The van der Waals surface area contributed by atoms with Gasteiger partial charge in [0, 0.05) is 38.3 Å². The van der Waals surface area contributed by atoms with Crippen LogP contribution in [0.1, 0.15) is 25.0 Å². The first-order valence-corrected chi connectivity index (χ1v) is 23.0. The molecule has 0 radical (unpaired) electrons. The molecule has 0 atom stereocenters. The van der Waals surface area contributed by atoms with E-state index in [4.69, 9.17) is 0 Å². The summed E-state index contributed by atoms with van der Waals surface area (Å²) < 4.78 is 4.98. The number of hydrogen-bond donors (Lipinski definition) is 0. The molecule has 2 aromatic heterocycles. The van der Waals surface area contributed by atoms with Gasteiger partial charge in [0.25, 0.3) is 0 Å². The van der Waals surface area contributed by atoms with Crippen molar-refractivity contribution in [2.24, 2.45) is 0 Å². The highest BCUT2D eigenvalue weighted by Crippen LogP contribution is 2.53. The van der Waals surface area contributed by atoms with Gasteiger partial charge in [-0.15, -0.1) is 0 Å². The minimum absolute atomic E-state index is 0.133. The Bertz CT molecular complexity index is 3370. The van der Waals surface area contributed by atoms with Crippen molar-refractivity contribution in [2.45, 2.75) is 19.3 Å². The highest BCUT2D eigenvalue weighted by Gasteiger charge is 2.42. The Morgan fingerprint density at radius 1 is 0.350 bits per heavy atom. The Morgan fingerprint density at radius 2 is 0.800 bits per heavy atom. The maximum absolute atomic E-state index is 2.97. The molecule has 1 aliphatic rings. The standard InChI is InChI=1S/C57H42N2Si/c1-57(2)50-31-13-9-27-45(50)48-35-36-54-55(56(48)57)49-30-12-16-34-53(49)59(54)40-20-18-26-44(38-40)60(41-21-5-3-6-22-41,42-23-7-4-8-24-42)43-25-17-19-39(37-43)58-51-32-14-10-28-46(51)47-29-11-15-33-52(47)58/h3-38H,1-2H3. The number of rotatable bonds is 6. The van der Waals surface area contributed by atoms with Crippen molar-refractivity contribution in [2.75, 3.05) is 0 Å². The normalized spacial score (nSPS) is 13.3. The average molecular weight is 783 g/mol. The number of nitrogens with zero attached hydrogens (tertiary/aromatic N) is 2. The van der Waals surface area contributed by atoms with Crippen LogP contribution in [0, 0.1) is 0 Å². The van der Waals surface area contributed by atoms with Crippen LogP contribution < -0.4 is 20.7 Å². The third-order valence-electron chi connectivity index (χ3n) is 13.4. The first kappa shape index (κ1) is 34.8. The number of aromatic nitrogens is 2. The number of benzene rings is 9. The summed E-state index contributed by atoms with van der Waals surface area (Å²) in [5.74, 6) is 0. The highest BCUT2D eigenvalue weighted by atomic mass is 28.3. The molecular formula is C57H42N2Si. The molecule has 0 spiro atoms.